The quantitative estimate of drug-likeness (QED) is 0.184. The molecule has 2 aliphatic heterocycles. The Morgan fingerprint density at radius 2 is 1.06 bits per heavy atom. The molecule has 250 valence electrons. The second kappa shape index (κ2) is 11.2. The summed E-state index contributed by atoms with van der Waals surface area (Å²) in [6.45, 7) is 9.55. The van der Waals surface area contributed by atoms with Gasteiger partial charge in [-0.2, -0.15) is 0 Å². The monoisotopic (exact) mass is 668 g/mol. The highest BCUT2D eigenvalue weighted by atomic mass is 15.2. The van der Waals surface area contributed by atoms with E-state index in [9.17, 15) is 0 Å². The Morgan fingerprint density at radius 3 is 1.88 bits per heavy atom. The SMILES string of the molecule is CC1(C)c2ccccc2N2c3ccc(-c4cccc5c(N(c6ccccc6)c6ccc7ccccc7c6)cccc45)cc3C(C)(C)c3cccc1c32. The molecule has 0 fully saturated rings. The van der Waals surface area contributed by atoms with Crippen molar-refractivity contribution in [2.45, 2.75) is 38.5 Å². The van der Waals surface area contributed by atoms with Crippen LogP contribution in [0.3, 0.4) is 0 Å². The molecule has 0 N–H and O–H groups in total. The Morgan fingerprint density at radius 1 is 0.423 bits per heavy atom. The summed E-state index contributed by atoms with van der Waals surface area (Å²) in [5.74, 6) is 0. The van der Waals surface area contributed by atoms with E-state index in [4.69, 9.17) is 0 Å². The molecule has 0 aromatic heterocycles. The molecule has 8 aromatic carbocycles. The Kier molecular flexibility index (Phi) is 6.60. The lowest BCUT2D eigenvalue weighted by molar-refractivity contribution is 0.597. The van der Waals surface area contributed by atoms with E-state index < -0.39 is 0 Å². The molecule has 8 aromatic rings. The zero-order valence-corrected chi connectivity index (χ0v) is 30.1. The van der Waals surface area contributed by atoms with E-state index in [2.05, 4.69) is 207 Å². The van der Waals surface area contributed by atoms with Gasteiger partial charge in [-0.05, 0) is 98.1 Å². The van der Waals surface area contributed by atoms with Crippen molar-refractivity contribution in [1.82, 2.24) is 0 Å². The number of nitrogens with zero attached hydrogens (tertiary/aromatic N) is 2. The van der Waals surface area contributed by atoms with Crippen molar-refractivity contribution < 1.29 is 0 Å². The van der Waals surface area contributed by atoms with Crippen LogP contribution in [0.1, 0.15) is 49.9 Å². The average molecular weight is 669 g/mol. The summed E-state index contributed by atoms with van der Waals surface area (Å²) in [5.41, 5.74) is 15.0. The first-order valence-electron chi connectivity index (χ1n) is 18.4. The topological polar surface area (TPSA) is 6.48 Å². The summed E-state index contributed by atoms with van der Waals surface area (Å²) in [5, 5.41) is 4.93. The van der Waals surface area contributed by atoms with E-state index in [1.807, 2.05) is 0 Å². The first-order chi connectivity index (χ1) is 25.3. The van der Waals surface area contributed by atoms with Crippen LogP contribution in [0.15, 0.2) is 170 Å². The molecule has 0 saturated heterocycles. The number of fused-ring (bicyclic) bond motifs is 6. The second-order valence-corrected chi connectivity index (χ2v) is 15.4. The van der Waals surface area contributed by atoms with Gasteiger partial charge in [0.1, 0.15) is 0 Å². The molecule has 0 atom stereocenters. The highest BCUT2D eigenvalue weighted by Crippen LogP contribution is 2.60. The van der Waals surface area contributed by atoms with Gasteiger partial charge in [0, 0.05) is 27.6 Å². The molecular formula is C50H40N2. The second-order valence-electron chi connectivity index (χ2n) is 15.4. The Bertz CT molecular complexity index is 2700. The normalized spacial score (nSPS) is 14.8. The maximum atomic E-state index is 2.54. The van der Waals surface area contributed by atoms with E-state index in [0.717, 1.165) is 17.1 Å². The minimum absolute atomic E-state index is 0.0902. The maximum Gasteiger partial charge on any atom is 0.0543 e. The van der Waals surface area contributed by atoms with Crippen LogP contribution in [-0.4, -0.2) is 0 Å². The van der Waals surface area contributed by atoms with Gasteiger partial charge in [-0.1, -0.05) is 149 Å². The molecule has 2 aliphatic rings. The number of benzene rings is 8. The zero-order chi connectivity index (χ0) is 35.2. The average Bonchev–Trinajstić information content (AvgIpc) is 3.18. The van der Waals surface area contributed by atoms with Crippen LogP contribution >= 0.6 is 0 Å². The van der Waals surface area contributed by atoms with Crippen LogP contribution in [0.2, 0.25) is 0 Å². The fraction of sp³-hybridized carbons (Fsp3) is 0.120. The minimum atomic E-state index is -0.189. The van der Waals surface area contributed by atoms with Crippen molar-refractivity contribution in [3.8, 4) is 11.1 Å². The molecule has 0 radical (unpaired) electrons. The van der Waals surface area contributed by atoms with Crippen LogP contribution in [0.25, 0.3) is 32.7 Å². The number of hydrogen-bond acceptors (Lipinski definition) is 2. The predicted octanol–water partition coefficient (Wildman–Crippen LogP) is 13.9. The summed E-state index contributed by atoms with van der Waals surface area (Å²) in [4.78, 5) is 4.94. The van der Waals surface area contributed by atoms with Gasteiger partial charge in [0.2, 0.25) is 0 Å². The number of para-hydroxylation sites is 3. The molecule has 0 aliphatic carbocycles. The molecule has 0 bridgehead atoms. The Balaban J connectivity index is 1.16. The standard InChI is InChI=1S/C50H40N2/c1-49(2)41-22-10-11-25-46(41)52-47-30-28-35(32-44(47)50(3,4)43-24-14-23-42(49)48(43)52)38-19-12-21-40-39(38)20-13-26-45(40)51(36-17-6-5-7-18-36)37-29-27-33-15-8-9-16-34(33)31-37/h5-32H,1-4H3. The van der Waals surface area contributed by atoms with Crippen LogP contribution in [0.5, 0.6) is 0 Å². The van der Waals surface area contributed by atoms with Crippen molar-refractivity contribution in [2.75, 3.05) is 9.80 Å². The number of rotatable bonds is 4. The largest absolute Gasteiger partial charge is 0.310 e. The number of anilines is 6. The maximum absolute atomic E-state index is 2.54. The number of hydrogen-bond donors (Lipinski definition) is 0. The van der Waals surface area contributed by atoms with Crippen molar-refractivity contribution in [2.24, 2.45) is 0 Å². The summed E-state index contributed by atoms with van der Waals surface area (Å²) in [7, 11) is 0. The lowest BCUT2D eigenvalue weighted by atomic mass is 9.66. The van der Waals surface area contributed by atoms with Gasteiger partial charge in [-0.15, -0.1) is 0 Å². The van der Waals surface area contributed by atoms with Crippen LogP contribution < -0.4 is 9.80 Å². The van der Waals surface area contributed by atoms with Gasteiger partial charge in [-0.25, -0.2) is 0 Å². The minimum Gasteiger partial charge on any atom is -0.310 e. The molecule has 0 unspecified atom stereocenters. The summed E-state index contributed by atoms with van der Waals surface area (Å²) in [6, 6.07) is 62.7. The third-order valence-corrected chi connectivity index (χ3v) is 11.8. The van der Waals surface area contributed by atoms with Gasteiger partial charge in [0.25, 0.3) is 0 Å². The summed E-state index contributed by atoms with van der Waals surface area (Å²) >= 11 is 0. The first-order valence-corrected chi connectivity index (χ1v) is 18.4. The Hall–Kier alpha value is -6.12. The molecule has 2 heteroatoms. The molecule has 0 spiro atoms. The third-order valence-electron chi connectivity index (χ3n) is 11.8. The highest BCUT2D eigenvalue weighted by molar-refractivity contribution is 6.06. The lowest BCUT2D eigenvalue weighted by Crippen LogP contribution is -2.38. The van der Waals surface area contributed by atoms with Crippen molar-refractivity contribution in [3.05, 3.63) is 192 Å². The van der Waals surface area contributed by atoms with Crippen LogP contribution in [0, 0.1) is 0 Å². The van der Waals surface area contributed by atoms with Gasteiger partial charge in [0.15, 0.2) is 0 Å². The highest BCUT2D eigenvalue weighted by Gasteiger charge is 2.45. The summed E-state index contributed by atoms with van der Waals surface area (Å²) < 4.78 is 0. The fourth-order valence-electron chi connectivity index (χ4n) is 9.11. The van der Waals surface area contributed by atoms with Crippen LogP contribution in [0.4, 0.5) is 34.1 Å². The van der Waals surface area contributed by atoms with Crippen LogP contribution in [-0.2, 0) is 10.8 Å². The van der Waals surface area contributed by atoms with E-state index in [1.54, 1.807) is 0 Å². The van der Waals surface area contributed by atoms with Gasteiger partial charge < -0.3 is 9.80 Å². The van der Waals surface area contributed by atoms with E-state index in [0.29, 0.717) is 0 Å². The molecule has 0 saturated carbocycles. The van der Waals surface area contributed by atoms with Gasteiger partial charge in [0.05, 0.1) is 22.7 Å². The van der Waals surface area contributed by atoms with Gasteiger partial charge in [-0.3, -0.25) is 0 Å². The Labute approximate surface area is 306 Å². The molecular weight excluding hydrogens is 629 g/mol. The first kappa shape index (κ1) is 30.7. The van der Waals surface area contributed by atoms with E-state index in [-0.39, 0.29) is 10.8 Å². The van der Waals surface area contributed by atoms with Gasteiger partial charge >= 0.3 is 0 Å². The van der Waals surface area contributed by atoms with Crippen molar-refractivity contribution in [1.29, 1.82) is 0 Å². The summed E-state index contributed by atoms with van der Waals surface area (Å²) in [6.07, 6.45) is 0. The molecule has 0 amide bonds. The van der Waals surface area contributed by atoms with E-state index in [1.165, 1.54) is 72.0 Å². The van der Waals surface area contributed by atoms with Crippen molar-refractivity contribution >= 4 is 55.7 Å². The lowest BCUT2D eigenvalue weighted by Gasteiger charge is -2.49. The molecule has 10 rings (SSSR count). The third kappa shape index (κ3) is 4.37. The zero-order valence-electron chi connectivity index (χ0n) is 30.1. The van der Waals surface area contributed by atoms with Crippen molar-refractivity contribution in [3.63, 3.8) is 0 Å². The molecule has 2 nitrogen and oxygen atoms in total. The molecule has 52 heavy (non-hydrogen) atoms. The molecule has 2 heterocycles. The van der Waals surface area contributed by atoms with E-state index >= 15 is 0 Å². The fourth-order valence-corrected chi connectivity index (χ4v) is 9.11. The predicted molar refractivity (Wildman–Crippen MR) is 221 cm³/mol. The smallest absolute Gasteiger partial charge is 0.0543 e.